The van der Waals surface area contributed by atoms with Gasteiger partial charge in [0.15, 0.2) is 0 Å². The van der Waals surface area contributed by atoms with Gasteiger partial charge in [-0.05, 0) is 36.2 Å². The summed E-state index contributed by atoms with van der Waals surface area (Å²) < 4.78 is 0. The fourth-order valence-electron chi connectivity index (χ4n) is 2.06. The van der Waals surface area contributed by atoms with Gasteiger partial charge in [-0.25, -0.2) is 0 Å². The number of hydrogen-bond acceptors (Lipinski definition) is 2. The van der Waals surface area contributed by atoms with Crippen molar-refractivity contribution in [2.45, 2.75) is 19.4 Å². The van der Waals surface area contributed by atoms with Crippen LogP contribution in [0.25, 0.3) is 0 Å². The molecule has 1 unspecified atom stereocenters. The Bertz CT molecular complexity index is 596. The van der Waals surface area contributed by atoms with Crippen molar-refractivity contribution in [1.29, 1.82) is 0 Å². The lowest BCUT2D eigenvalue weighted by molar-refractivity contribution is -0.121. The zero-order valence-corrected chi connectivity index (χ0v) is 12.0. The fraction of sp³-hybridized carbons (Fsp3) is 0.188. The first-order chi connectivity index (χ1) is 9.56. The lowest BCUT2D eigenvalue weighted by atomic mass is 10.1. The second-order valence-electron chi connectivity index (χ2n) is 4.72. The molecule has 1 atom stereocenters. The molecule has 2 aromatic rings. The number of anilines is 1. The third-order valence-corrected chi connectivity index (χ3v) is 3.37. The molecule has 3 N–H and O–H groups in total. The second kappa shape index (κ2) is 6.44. The van der Waals surface area contributed by atoms with Gasteiger partial charge in [-0.3, -0.25) is 4.79 Å². The summed E-state index contributed by atoms with van der Waals surface area (Å²) in [6, 6.07) is 14.7. The first-order valence-electron chi connectivity index (χ1n) is 6.44. The van der Waals surface area contributed by atoms with Crippen molar-refractivity contribution in [3.8, 4) is 0 Å². The average Bonchev–Trinajstić information content (AvgIpc) is 2.41. The molecule has 0 saturated carbocycles. The molecule has 0 saturated heterocycles. The van der Waals surface area contributed by atoms with Crippen molar-refractivity contribution in [3.63, 3.8) is 0 Å². The molecular weight excluding hydrogens is 272 g/mol. The van der Waals surface area contributed by atoms with Crippen LogP contribution in [0, 0.1) is 0 Å². The van der Waals surface area contributed by atoms with E-state index in [9.17, 15) is 4.79 Å². The van der Waals surface area contributed by atoms with E-state index in [2.05, 4.69) is 5.32 Å². The van der Waals surface area contributed by atoms with Crippen LogP contribution >= 0.6 is 11.6 Å². The van der Waals surface area contributed by atoms with Crippen LogP contribution in [0.15, 0.2) is 48.5 Å². The Morgan fingerprint density at radius 3 is 2.50 bits per heavy atom. The molecule has 0 aliphatic heterocycles. The normalized spacial score (nSPS) is 11.9. The largest absolute Gasteiger partial charge is 0.398 e. The minimum absolute atomic E-state index is 0.0388. The van der Waals surface area contributed by atoms with Gasteiger partial charge in [-0.2, -0.15) is 0 Å². The van der Waals surface area contributed by atoms with E-state index in [-0.39, 0.29) is 11.9 Å². The quantitative estimate of drug-likeness (QED) is 0.848. The van der Waals surface area contributed by atoms with Crippen molar-refractivity contribution < 1.29 is 4.79 Å². The number of nitrogens with one attached hydrogen (secondary N) is 1. The van der Waals surface area contributed by atoms with E-state index >= 15 is 0 Å². The zero-order chi connectivity index (χ0) is 14.5. The number of hydrogen-bond donors (Lipinski definition) is 2. The second-order valence-corrected chi connectivity index (χ2v) is 5.16. The Labute approximate surface area is 123 Å². The molecule has 0 heterocycles. The number of halogens is 1. The molecule has 20 heavy (non-hydrogen) atoms. The minimum atomic E-state index is -0.115. The zero-order valence-electron chi connectivity index (χ0n) is 11.3. The van der Waals surface area contributed by atoms with Crippen LogP contribution in [0.2, 0.25) is 5.02 Å². The van der Waals surface area contributed by atoms with E-state index in [0.717, 1.165) is 11.1 Å². The Morgan fingerprint density at radius 1 is 1.20 bits per heavy atom. The number of nitrogen functional groups attached to an aromatic ring is 1. The number of nitrogens with two attached hydrogens (primary N) is 1. The van der Waals surface area contributed by atoms with Crippen molar-refractivity contribution >= 4 is 23.2 Å². The van der Waals surface area contributed by atoms with Crippen molar-refractivity contribution in [1.82, 2.24) is 5.32 Å². The summed E-state index contributed by atoms with van der Waals surface area (Å²) in [6.45, 7) is 1.92. The predicted octanol–water partition coefficient (Wildman–Crippen LogP) is 3.34. The lowest BCUT2D eigenvalue weighted by Crippen LogP contribution is -2.28. The third-order valence-electron chi connectivity index (χ3n) is 3.12. The first kappa shape index (κ1) is 14.4. The molecule has 2 rings (SSSR count). The average molecular weight is 289 g/mol. The van der Waals surface area contributed by atoms with Crippen LogP contribution in [-0.4, -0.2) is 5.91 Å². The Kier molecular flexibility index (Phi) is 4.64. The fourth-order valence-corrected chi connectivity index (χ4v) is 2.19. The maximum Gasteiger partial charge on any atom is 0.224 e. The monoisotopic (exact) mass is 288 g/mol. The van der Waals surface area contributed by atoms with Crippen LogP contribution in [0.3, 0.4) is 0 Å². The summed E-state index contributed by atoms with van der Waals surface area (Å²) in [5.74, 6) is -0.0388. The number of para-hydroxylation sites is 1. The van der Waals surface area contributed by atoms with Crippen molar-refractivity contribution in [2.75, 3.05) is 5.73 Å². The molecule has 3 nitrogen and oxygen atoms in total. The van der Waals surface area contributed by atoms with Crippen molar-refractivity contribution in [3.05, 3.63) is 64.7 Å². The molecule has 1 amide bonds. The topological polar surface area (TPSA) is 55.1 Å². The van der Waals surface area contributed by atoms with Crippen LogP contribution in [0.1, 0.15) is 24.1 Å². The highest BCUT2D eigenvalue weighted by molar-refractivity contribution is 6.30. The van der Waals surface area contributed by atoms with Gasteiger partial charge in [0.1, 0.15) is 0 Å². The Balaban J connectivity index is 1.98. The Hall–Kier alpha value is -2.00. The molecule has 4 heteroatoms. The molecule has 0 aliphatic rings. The summed E-state index contributed by atoms with van der Waals surface area (Å²) in [7, 11) is 0. The van der Waals surface area contributed by atoms with Gasteiger partial charge in [0.05, 0.1) is 12.5 Å². The molecular formula is C16H17ClN2O. The van der Waals surface area contributed by atoms with Gasteiger partial charge < -0.3 is 11.1 Å². The Morgan fingerprint density at radius 2 is 1.85 bits per heavy atom. The molecule has 0 aromatic heterocycles. The van der Waals surface area contributed by atoms with Gasteiger partial charge in [-0.1, -0.05) is 41.9 Å². The summed E-state index contributed by atoms with van der Waals surface area (Å²) in [6.07, 6.45) is 0.328. The van der Waals surface area contributed by atoms with Crippen LogP contribution in [0.5, 0.6) is 0 Å². The van der Waals surface area contributed by atoms with Gasteiger partial charge in [0.2, 0.25) is 5.91 Å². The van der Waals surface area contributed by atoms with E-state index in [1.807, 2.05) is 43.3 Å². The minimum Gasteiger partial charge on any atom is -0.398 e. The highest BCUT2D eigenvalue weighted by Gasteiger charge is 2.12. The van der Waals surface area contributed by atoms with Crippen LogP contribution in [-0.2, 0) is 11.2 Å². The van der Waals surface area contributed by atoms with E-state index in [0.29, 0.717) is 17.1 Å². The molecule has 2 aromatic carbocycles. The molecule has 0 spiro atoms. The smallest absolute Gasteiger partial charge is 0.224 e. The molecule has 0 radical (unpaired) electrons. The summed E-state index contributed by atoms with van der Waals surface area (Å²) in [5.41, 5.74) is 8.45. The standard InChI is InChI=1S/C16H17ClN2O/c1-11(14-4-2-3-5-15(14)18)19-16(20)10-12-6-8-13(17)9-7-12/h2-9,11H,10,18H2,1H3,(H,19,20). The number of benzene rings is 2. The van der Waals surface area contributed by atoms with Crippen molar-refractivity contribution in [2.24, 2.45) is 0 Å². The first-order valence-corrected chi connectivity index (χ1v) is 6.82. The predicted molar refractivity (Wildman–Crippen MR) is 82.6 cm³/mol. The van der Waals surface area contributed by atoms with E-state index in [1.54, 1.807) is 12.1 Å². The summed E-state index contributed by atoms with van der Waals surface area (Å²) >= 11 is 5.82. The highest BCUT2D eigenvalue weighted by Crippen LogP contribution is 2.19. The van der Waals surface area contributed by atoms with E-state index in [1.165, 1.54) is 0 Å². The SMILES string of the molecule is CC(NC(=O)Cc1ccc(Cl)cc1)c1ccccc1N. The van der Waals surface area contributed by atoms with E-state index < -0.39 is 0 Å². The number of amides is 1. The highest BCUT2D eigenvalue weighted by atomic mass is 35.5. The molecule has 0 fully saturated rings. The third kappa shape index (κ3) is 3.75. The van der Waals surface area contributed by atoms with Gasteiger partial charge >= 0.3 is 0 Å². The maximum atomic E-state index is 12.0. The van der Waals surface area contributed by atoms with Gasteiger partial charge in [-0.15, -0.1) is 0 Å². The number of rotatable bonds is 4. The molecule has 104 valence electrons. The number of carbonyl (C=O) groups excluding carboxylic acids is 1. The number of carbonyl (C=O) groups is 1. The molecule has 0 aliphatic carbocycles. The lowest BCUT2D eigenvalue weighted by Gasteiger charge is -2.16. The van der Waals surface area contributed by atoms with Crippen LogP contribution < -0.4 is 11.1 Å². The molecule has 0 bridgehead atoms. The summed E-state index contributed by atoms with van der Waals surface area (Å²) in [4.78, 5) is 12.0. The van der Waals surface area contributed by atoms with Gasteiger partial charge in [0, 0.05) is 10.7 Å². The van der Waals surface area contributed by atoms with E-state index in [4.69, 9.17) is 17.3 Å². The van der Waals surface area contributed by atoms with Crippen LogP contribution in [0.4, 0.5) is 5.69 Å². The maximum absolute atomic E-state index is 12.0. The van der Waals surface area contributed by atoms with Gasteiger partial charge in [0.25, 0.3) is 0 Å². The summed E-state index contributed by atoms with van der Waals surface area (Å²) in [5, 5.41) is 3.61.